The van der Waals surface area contributed by atoms with Gasteiger partial charge in [0.25, 0.3) is 0 Å². The van der Waals surface area contributed by atoms with E-state index in [9.17, 15) is 14.4 Å². The molecule has 2 heterocycles. The Hall–Kier alpha value is -4.00. The van der Waals surface area contributed by atoms with Gasteiger partial charge in [-0.1, -0.05) is 17.7 Å². The minimum atomic E-state index is -0.348. The van der Waals surface area contributed by atoms with Crippen molar-refractivity contribution < 1.29 is 9.59 Å². The molecule has 0 fully saturated rings. The van der Waals surface area contributed by atoms with E-state index in [1.807, 2.05) is 31.2 Å². The van der Waals surface area contributed by atoms with Crippen molar-refractivity contribution in [2.45, 2.75) is 20.4 Å². The molecule has 0 atom stereocenters. The fraction of sp³-hybridized carbons (Fsp3) is 0.130. The molecule has 7 heteroatoms. The van der Waals surface area contributed by atoms with Crippen LogP contribution in [0.2, 0.25) is 0 Å². The molecule has 0 aliphatic heterocycles. The molecule has 7 nitrogen and oxygen atoms in total. The van der Waals surface area contributed by atoms with E-state index in [0.717, 1.165) is 5.56 Å². The van der Waals surface area contributed by atoms with Gasteiger partial charge in [0.1, 0.15) is 6.54 Å². The molecule has 0 radical (unpaired) electrons. The topological polar surface area (TPSA) is 86.0 Å². The lowest BCUT2D eigenvalue weighted by molar-refractivity contribution is -0.116. The van der Waals surface area contributed by atoms with Gasteiger partial charge in [0.2, 0.25) is 5.91 Å². The first-order valence-electron chi connectivity index (χ1n) is 9.48. The highest BCUT2D eigenvalue weighted by Crippen LogP contribution is 2.16. The van der Waals surface area contributed by atoms with E-state index in [1.165, 1.54) is 16.1 Å². The van der Waals surface area contributed by atoms with E-state index in [-0.39, 0.29) is 23.9 Å². The molecule has 1 N–H and O–H groups in total. The average molecular weight is 400 g/mol. The Morgan fingerprint density at radius 3 is 2.37 bits per heavy atom. The Kier molecular flexibility index (Phi) is 5.02. The summed E-state index contributed by atoms with van der Waals surface area (Å²) >= 11 is 0. The number of aromatic nitrogens is 3. The van der Waals surface area contributed by atoms with Crippen LogP contribution in [0, 0.1) is 6.92 Å². The number of Topliss-reactive ketones (excluding diaryl/α,β-unsaturated/α-hetero) is 1. The fourth-order valence-electron chi connectivity index (χ4n) is 3.30. The fourth-order valence-corrected chi connectivity index (χ4v) is 3.30. The summed E-state index contributed by atoms with van der Waals surface area (Å²) in [6.07, 6.45) is 1.62. The molecule has 4 rings (SSSR count). The van der Waals surface area contributed by atoms with Gasteiger partial charge in [-0.25, -0.2) is 14.3 Å². The maximum absolute atomic E-state index is 13.1. The van der Waals surface area contributed by atoms with Gasteiger partial charge in [-0.3, -0.25) is 14.2 Å². The van der Waals surface area contributed by atoms with Crippen molar-refractivity contribution in [2.75, 3.05) is 5.32 Å². The van der Waals surface area contributed by atoms with Crippen LogP contribution in [0.15, 0.2) is 71.7 Å². The number of imidazole rings is 1. The number of rotatable bonds is 5. The van der Waals surface area contributed by atoms with Crippen molar-refractivity contribution in [2.24, 2.45) is 0 Å². The van der Waals surface area contributed by atoms with Crippen molar-refractivity contribution in [3.63, 3.8) is 0 Å². The van der Waals surface area contributed by atoms with E-state index >= 15 is 0 Å². The number of carbonyl (C=O) groups is 2. The van der Waals surface area contributed by atoms with Gasteiger partial charge in [0.15, 0.2) is 11.4 Å². The summed E-state index contributed by atoms with van der Waals surface area (Å²) in [7, 11) is 0. The molecule has 30 heavy (non-hydrogen) atoms. The van der Waals surface area contributed by atoms with Crippen LogP contribution >= 0.6 is 0 Å². The quantitative estimate of drug-likeness (QED) is 0.521. The standard InChI is InChI=1S/C23H20N4O3/c1-15-5-11-19(12-6-15)27-22-20(4-3-13-24-22)26(23(27)30)14-21(29)25-18-9-7-17(8-10-18)16(2)28/h3-13H,14H2,1-2H3,(H,25,29). The predicted octanol–water partition coefficient (Wildman–Crippen LogP) is 3.34. The second-order valence-electron chi connectivity index (χ2n) is 7.07. The number of anilines is 1. The summed E-state index contributed by atoms with van der Waals surface area (Å²) in [5, 5.41) is 2.77. The summed E-state index contributed by atoms with van der Waals surface area (Å²) in [5.74, 6) is -0.393. The molecule has 2 aromatic heterocycles. The second kappa shape index (κ2) is 7.79. The number of ketones is 1. The number of aryl methyl sites for hydroxylation is 1. The molecule has 1 amide bonds. The zero-order chi connectivity index (χ0) is 21.3. The molecule has 2 aromatic carbocycles. The SMILES string of the molecule is CC(=O)c1ccc(NC(=O)Cn2c(=O)n(-c3ccc(C)cc3)c3ncccc32)cc1. The van der Waals surface area contributed by atoms with Gasteiger partial charge in [0, 0.05) is 17.4 Å². The van der Waals surface area contributed by atoms with Crippen molar-refractivity contribution in [3.05, 3.63) is 88.5 Å². The Morgan fingerprint density at radius 1 is 1.00 bits per heavy atom. The number of nitrogens with one attached hydrogen (secondary N) is 1. The van der Waals surface area contributed by atoms with Crippen molar-refractivity contribution in [3.8, 4) is 5.69 Å². The van der Waals surface area contributed by atoms with Gasteiger partial charge in [-0.2, -0.15) is 0 Å². The lowest BCUT2D eigenvalue weighted by atomic mass is 10.1. The van der Waals surface area contributed by atoms with Crippen molar-refractivity contribution in [1.82, 2.24) is 14.1 Å². The zero-order valence-corrected chi connectivity index (χ0v) is 16.6. The number of fused-ring (bicyclic) bond motifs is 1. The lowest BCUT2D eigenvalue weighted by Crippen LogP contribution is -2.28. The zero-order valence-electron chi connectivity index (χ0n) is 16.6. The summed E-state index contributed by atoms with van der Waals surface area (Å²) in [5.41, 5.74) is 3.62. The number of amides is 1. The number of nitrogens with zero attached hydrogens (tertiary/aromatic N) is 3. The van der Waals surface area contributed by atoms with E-state index in [1.54, 1.807) is 42.6 Å². The smallest absolute Gasteiger partial charge is 0.325 e. The molecule has 4 aromatic rings. The van der Waals surface area contributed by atoms with Crippen molar-refractivity contribution >= 4 is 28.5 Å². The number of benzene rings is 2. The lowest BCUT2D eigenvalue weighted by Gasteiger charge is -2.07. The molecule has 0 saturated heterocycles. The van der Waals surface area contributed by atoms with Crippen molar-refractivity contribution in [1.29, 1.82) is 0 Å². The Bertz CT molecular complexity index is 1300. The normalized spacial score (nSPS) is 10.9. The second-order valence-corrected chi connectivity index (χ2v) is 7.07. The van der Waals surface area contributed by atoms with E-state index in [0.29, 0.717) is 28.1 Å². The van der Waals surface area contributed by atoms with Crippen LogP contribution in [0.1, 0.15) is 22.8 Å². The van der Waals surface area contributed by atoms with Crippen LogP contribution < -0.4 is 11.0 Å². The maximum atomic E-state index is 13.1. The minimum Gasteiger partial charge on any atom is -0.325 e. The first-order valence-corrected chi connectivity index (χ1v) is 9.48. The maximum Gasteiger partial charge on any atom is 0.335 e. The number of hydrogen-bond donors (Lipinski definition) is 1. The van der Waals surface area contributed by atoms with E-state index in [2.05, 4.69) is 10.3 Å². The molecule has 0 bridgehead atoms. The molecule has 150 valence electrons. The molecule has 0 saturated carbocycles. The molecule has 0 aliphatic carbocycles. The Morgan fingerprint density at radius 2 is 1.70 bits per heavy atom. The van der Waals surface area contributed by atoms with Crippen LogP contribution in [0.3, 0.4) is 0 Å². The average Bonchev–Trinajstić information content (AvgIpc) is 3.01. The van der Waals surface area contributed by atoms with Crippen LogP contribution in [-0.2, 0) is 11.3 Å². The Balaban J connectivity index is 1.66. The summed E-state index contributed by atoms with van der Waals surface area (Å²) < 4.78 is 2.91. The molecule has 0 aliphatic rings. The monoisotopic (exact) mass is 400 g/mol. The minimum absolute atomic E-state index is 0.0455. The van der Waals surface area contributed by atoms with Gasteiger partial charge in [-0.05, 0) is 62.4 Å². The van der Waals surface area contributed by atoms with Crippen LogP contribution in [0.25, 0.3) is 16.9 Å². The summed E-state index contributed by atoms with van der Waals surface area (Å²) in [6.45, 7) is 3.30. The third kappa shape index (κ3) is 3.65. The van der Waals surface area contributed by atoms with Gasteiger partial charge in [0.05, 0.1) is 11.2 Å². The van der Waals surface area contributed by atoms with Gasteiger partial charge >= 0.3 is 5.69 Å². The van der Waals surface area contributed by atoms with Crippen LogP contribution in [-0.4, -0.2) is 25.8 Å². The van der Waals surface area contributed by atoms with Crippen LogP contribution in [0.4, 0.5) is 5.69 Å². The van der Waals surface area contributed by atoms with E-state index < -0.39 is 0 Å². The van der Waals surface area contributed by atoms with Crippen LogP contribution in [0.5, 0.6) is 0 Å². The largest absolute Gasteiger partial charge is 0.335 e. The highest BCUT2D eigenvalue weighted by atomic mass is 16.2. The third-order valence-electron chi connectivity index (χ3n) is 4.86. The van der Waals surface area contributed by atoms with E-state index in [4.69, 9.17) is 0 Å². The molecule has 0 unspecified atom stereocenters. The highest BCUT2D eigenvalue weighted by Gasteiger charge is 2.17. The Labute approximate surface area is 172 Å². The van der Waals surface area contributed by atoms with Gasteiger partial charge in [-0.15, -0.1) is 0 Å². The summed E-state index contributed by atoms with van der Waals surface area (Å²) in [4.78, 5) is 41.5. The first-order chi connectivity index (χ1) is 14.4. The first kappa shape index (κ1) is 19.3. The predicted molar refractivity (Wildman–Crippen MR) is 115 cm³/mol. The molecular weight excluding hydrogens is 380 g/mol. The number of carbonyl (C=O) groups excluding carboxylic acids is 2. The molecular formula is C23H20N4O3. The highest BCUT2D eigenvalue weighted by molar-refractivity contribution is 5.95. The number of hydrogen-bond acceptors (Lipinski definition) is 4. The summed E-state index contributed by atoms with van der Waals surface area (Å²) in [6, 6.07) is 17.7. The number of pyridine rings is 1. The molecule has 0 spiro atoms. The van der Waals surface area contributed by atoms with Gasteiger partial charge < -0.3 is 5.32 Å². The third-order valence-corrected chi connectivity index (χ3v) is 4.86.